The van der Waals surface area contributed by atoms with Crippen molar-refractivity contribution in [2.24, 2.45) is 7.05 Å². The van der Waals surface area contributed by atoms with E-state index in [-0.39, 0.29) is 18.1 Å². The first-order valence-electron chi connectivity index (χ1n) is 8.24. The number of nitrogens with zero attached hydrogens (tertiary/aromatic N) is 3. The van der Waals surface area contributed by atoms with Gasteiger partial charge in [0.15, 0.2) is 0 Å². The van der Waals surface area contributed by atoms with Gasteiger partial charge in [-0.05, 0) is 25.2 Å². The van der Waals surface area contributed by atoms with E-state index in [0.29, 0.717) is 26.0 Å². The van der Waals surface area contributed by atoms with Gasteiger partial charge in [-0.15, -0.1) is 0 Å². The summed E-state index contributed by atoms with van der Waals surface area (Å²) in [7, 11) is 4.00. The van der Waals surface area contributed by atoms with Crippen molar-refractivity contribution in [3.8, 4) is 0 Å². The normalized spacial score (nSPS) is 21.8. The van der Waals surface area contributed by atoms with Crippen LogP contribution in [0.1, 0.15) is 23.9 Å². The number of aryl methyl sites for hydroxylation is 2. The zero-order chi connectivity index (χ0) is 16.9. The van der Waals surface area contributed by atoms with E-state index in [0.717, 1.165) is 18.0 Å². The first-order valence-corrected chi connectivity index (χ1v) is 8.24. The number of hydrogen-bond donors (Lipinski definition) is 1. The molecule has 7 nitrogen and oxygen atoms in total. The largest absolute Gasteiger partial charge is 0.469 e. The van der Waals surface area contributed by atoms with Crippen molar-refractivity contribution in [2.75, 3.05) is 26.7 Å². The molecule has 1 fully saturated rings. The molecule has 2 aromatic heterocycles. The van der Waals surface area contributed by atoms with Crippen LogP contribution >= 0.6 is 0 Å². The maximum absolute atomic E-state index is 12.1. The Balaban J connectivity index is 1.56. The van der Waals surface area contributed by atoms with Crippen molar-refractivity contribution in [3.05, 3.63) is 42.1 Å². The molecule has 130 valence electrons. The fourth-order valence-electron chi connectivity index (χ4n) is 3.12. The average Bonchev–Trinajstić information content (AvgIpc) is 3.23. The summed E-state index contributed by atoms with van der Waals surface area (Å²) in [6.07, 6.45) is 4.34. The van der Waals surface area contributed by atoms with E-state index in [1.54, 1.807) is 12.5 Å². The zero-order valence-electron chi connectivity index (χ0n) is 14.1. The molecule has 1 N–H and O–H groups in total. The molecule has 3 heterocycles. The van der Waals surface area contributed by atoms with Crippen LogP contribution in [-0.2, 0) is 23.0 Å². The Kier molecular flexibility index (Phi) is 5.32. The summed E-state index contributed by atoms with van der Waals surface area (Å²) in [5, 5.41) is 7.24. The standard InChI is InChI=1S/C17H24N4O3/c1-20-9-11-24-15(17(20)14-7-8-19-21(14)2)12-18-16(22)6-5-13-4-3-10-23-13/h3-4,7-8,10,15,17H,5-6,9,11-12H2,1-2H3,(H,18,22)/t15-,17-/m0/s1. The quantitative estimate of drug-likeness (QED) is 0.859. The molecule has 1 saturated heterocycles. The van der Waals surface area contributed by atoms with Crippen molar-refractivity contribution in [1.29, 1.82) is 0 Å². The number of ether oxygens (including phenoxy) is 1. The molecule has 0 aliphatic carbocycles. The van der Waals surface area contributed by atoms with Crippen LogP contribution in [-0.4, -0.2) is 53.4 Å². The molecule has 1 amide bonds. The third kappa shape index (κ3) is 3.85. The minimum Gasteiger partial charge on any atom is -0.469 e. The Labute approximate surface area is 141 Å². The number of carbonyl (C=O) groups excluding carboxylic acids is 1. The molecule has 2 aromatic rings. The lowest BCUT2D eigenvalue weighted by Crippen LogP contribution is -2.48. The predicted molar refractivity (Wildman–Crippen MR) is 88.4 cm³/mol. The van der Waals surface area contributed by atoms with Crippen LogP contribution in [0.5, 0.6) is 0 Å². The Hall–Kier alpha value is -2.12. The number of carbonyl (C=O) groups is 1. The molecule has 0 radical (unpaired) electrons. The van der Waals surface area contributed by atoms with Crippen LogP contribution in [0.15, 0.2) is 35.1 Å². The summed E-state index contributed by atoms with van der Waals surface area (Å²) < 4.78 is 13.0. The van der Waals surface area contributed by atoms with E-state index in [1.165, 1.54) is 0 Å². The number of furan rings is 1. The van der Waals surface area contributed by atoms with Gasteiger partial charge in [0, 0.05) is 39.2 Å². The predicted octanol–water partition coefficient (Wildman–Crippen LogP) is 1.13. The van der Waals surface area contributed by atoms with E-state index in [4.69, 9.17) is 9.15 Å². The summed E-state index contributed by atoms with van der Waals surface area (Å²) in [5.41, 5.74) is 1.09. The molecule has 0 saturated carbocycles. The van der Waals surface area contributed by atoms with Gasteiger partial charge < -0.3 is 14.5 Å². The van der Waals surface area contributed by atoms with Gasteiger partial charge in [-0.3, -0.25) is 14.4 Å². The highest BCUT2D eigenvalue weighted by Gasteiger charge is 2.33. The van der Waals surface area contributed by atoms with Crippen LogP contribution in [0.3, 0.4) is 0 Å². The molecule has 2 atom stereocenters. The number of rotatable bonds is 6. The van der Waals surface area contributed by atoms with Gasteiger partial charge in [0.2, 0.25) is 5.91 Å². The molecule has 0 unspecified atom stereocenters. The van der Waals surface area contributed by atoms with Gasteiger partial charge in [-0.2, -0.15) is 5.10 Å². The van der Waals surface area contributed by atoms with Crippen molar-refractivity contribution in [3.63, 3.8) is 0 Å². The second-order valence-corrected chi connectivity index (χ2v) is 6.10. The SMILES string of the molecule is CN1CCO[C@@H](CNC(=O)CCc2ccco2)[C@@H]1c1ccnn1C. The lowest BCUT2D eigenvalue weighted by molar-refractivity contribution is -0.123. The molecule has 0 aromatic carbocycles. The van der Waals surface area contributed by atoms with Gasteiger partial charge in [-0.25, -0.2) is 0 Å². The van der Waals surface area contributed by atoms with Crippen LogP contribution in [0.2, 0.25) is 0 Å². The van der Waals surface area contributed by atoms with Crippen molar-refractivity contribution < 1.29 is 13.9 Å². The summed E-state index contributed by atoms with van der Waals surface area (Å²) >= 11 is 0. The summed E-state index contributed by atoms with van der Waals surface area (Å²) in [6, 6.07) is 5.79. The summed E-state index contributed by atoms with van der Waals surface area (Å²) in [6.45, 7) is 2.01. The minimum atomic E-state index is -0.0910. The molecule has 1 aliphatic rings. The highest BCUT2D eigenvalue weighted by molar-refractivity contribution is 5.76. The summed E-state index contributed by atoms with van der Waals surface area (Å²) in [5.74, 6) is 0.832. The molecule has 1 aliphatic heterocycles. The lowest BCUT2D eigenvalue weighted by Gasteiger charge is -2.39. The van der Waals surface area contributed by atoms with Crippen molar-refractivity contribution in [2.45, 2.75) is 25.0 Å². The third-order valence-corrected chi connectivity index (χ3v) is 4.44. The fourth-order valence-corrected chi connectivity index (χ4v) is 3.12. The number of morpholine rings is 1. The monoisotopic (exact) mass is 332 g/mol. The van der Waals surface area contributed by atoms with E-state index >= 15 is 0 Å². The molecule has 24 heavy (non-hydrogen) atoms. The molecule has 3 rings (SSSR count). The van der Waals surface area contributed by atoms with Crippen molar-refractivity contribution >= 4 is 5.91 Å². The van der Waals surface area contributed by atoms with Gasteiger partial charge in [0.25, 0.3) is 0 Å². The zero-order valence-corrected chi connectivity index (χ0v) is 14.1. The number of aromatic nitrogens is 2. The smallest absolute Gasteiger partial charge is 0.220 e. The number of nitrogens with one attached hydrogen (secondary N) is 1. The molecule has 7 heteroatoms. The lowest BCUT2D eigenvalue weighted by atomic mass is 10.0. The topological polar surface area (TPSA) is 72.5 Å². The third-order valence-electron chi connectivity index (χ3n) is 4.44. The number of amides is 1. The Morgan fingerprint density at radius 2 is 2.29 bits per heavy atom. The van der Waals surface area contributed by atoms with E-state index in [9.17, 15) is 4.79 Å². The highest BCUT2D eigenvalue weighted by atomic mass is 16.5. The highest BCUT2D eigenvalue weighted by Crippen LogP contribution is 2.27. The van der Waals surface area contributed by atoms with Crippen LogP contribution in [0.25, 0.3) is 0 Å². The van der Waals surface area contributed by atoms with Crippen LogP contribution in [0, 0.1) is 0 Å². The van der Waals surface area contributed by atoms with Gasteiger partial charge in [-0.1, -0.05) is 0 Å². The Morgan fingerprint density at radius 1 is 1.42 bits per heavy atom. The summed E-state index contributed by atoms with van der Waals surface area (Å²) in [4.78, 5) is 14.3. The van der Waals surface area contributed by atoms with Gasteiger partial charge in [0.1, 0.15) is 5.76 Å². The van der Waals surface area contributed by atoms with Gasteiger partial charge in [0.05, 0.1) is 30.7 Å². The molecular formula is C17H24N4O3. The first kappa shape index (κ1) is 16.7. The van der Waals surface area contributed by atoms with Crippen molar-refractivity contribution in [1.82, 2.24) is 20.0 Å². The fraction of sp³-hybridized carbons (Fsp3) is 0.529. The van der Waals surface area contributed by atoms with Gasteiger partial charge >= 0.3 is 0 Å². The first-order chi connectivity index (χ1) is 11.6. The van der Waals surface area contributed by atoms with E-state index in [1.807, 2.05) is 29.9 Å². The minimum absolute atomic E-state index is 0.00647. The van der Waals surface area contributed by atoms with Crippen LogP contribution < -0.4 is 5.32 Å². The maximum Gasteiger partial charge on any atom is 0.220 e. The number of hydrogen-bond acceptors (Lipinski definition) is 5. The number of likely N-dealkylation sites (N-methyl/N-ethyl adjacent to an activating group) is 1. The maximum atomic E-state index is 12.1. The second-order valence-electron chi connectivity index (χ2n) is 6.10. The molecule has 0 spiro atoms. The van der Waals surface area contributed by atoms with E-state index in [2.05, 4.69) is 22.4 Å². The molecular weight excluding hydrogens is 308 g/mol. The van der Waals surface area contributed by atoms with E-state index < -0.39 is 0 Å². The Morgan fingerprint density at radius 3 is 3.00 bits per heavy atom. The Bertz CT molecular complexity index is 653. The second kappa shape index (κ2) is 7.63. The molecule has 0 bridgehead atoms. The average molecular weight is 332 g/mol. The van der Waals surface area contributed by atoms with Crippen LogP contribution in [0.4, 0.5) is 0 Å².